The van der Waals surface area contributed by atoms with Crippen molar-refractivity contribution in [3.63, 3.8) is 0 Å². The first kappa shape index (κ1) is 13.9. The summed E-state index contributed by atoms with van der Waals surface area (Å²) in [5, 5.41) is 19.2. The Balaban J connectivity index is 2.78. The molecule has 1 aromatic rings. The van der Waals surface area contributed by atoms with E-state index in [9.17, 15) is 14.9 Å². The zero-order valence-corrected chi connectivity index (χ0v) is 10.1. The smallest absolute Gasteiger partial charge is 0.305 e. The van der Waals surface area contributed by atoms with E-state index < -0.39 is 10.9 Å². The van der Waals surface area contributed by atoms with Crippen molar-refractivity contribution in [2.45, 2.75) is 19.8 Å². The monoisotopic (exact) mass is 253 g/mol. The molecule has 1 N–H and O–H groups in total. The lowest BCUT2D eigenvalue weighted by Crippen LogP contribution is -2.27. The molecule has 1 aromatic heterocycles. The first-order chi connectivity index (χ1) is 8.54. The third-order valence-electron chi connectivity index (χ3n) is 2.36. The van der Waals surface area contributed by atoms with Crippen molar-refractivity contribution >= 4 is 17.5 Å². The average molecular weight is 253 g/mol. The maximum absolute atomic E-state index is 10.5. The third-order valence-corrected chi connectivity index (χ3v) is 2.36. The van der Waals surface area contributed by atoms with E-state index in [1.807, 2.05) is 6.92 Å². The van der Waals surface area contributed by atoms with Crippen molar-refractivity contribution in [1.82, 2.24) is 4.98 Å². The van der Waals surface area contributed by atoms with Crippen LogP contribution in [0.4, 0.5) is 11.5 Å². The summed E-state index contributed by atoms with van der Waals surface area (Å²) in [6, 6.07) is 2.90. The Morgan fingerprint density at radius 1 is 1.50 bits per heavy atom. The quantitative estimate of drug-likeness (QED) is 0.586. The van der Waals surface area contributed by atoms with Gasteiger partial charge in [0.15, 0.2) is 0 Å². The van der Waals surface area contributed by atoms with Crippen molar-refractivity contribution in [1.29, 1.82) is 0 Å². The van der Waals surface area contributed by atoms with Crippen LogP contribution in [0, 0.1) is 10.1 Å². The summed E-state index contributed by atoms with van der Waals surface area (Å²) in [6.45, 7) is 2.98. The lowest BCUT2D eigenvalue weighted by molar-refractivity contribution is -0.385. The maximum Gasteiger partial charge on any atom is 0.305 e. The van der Waals surface area contributed by atoms with Gasteiger partial charge in [-0.15, -0.1) is 0 Å². The highest BCUT2D eigenvalue weighted by Crippen LogP contribution is 2.16. The largest absolute Gasteiger partial charge is 0.481 e. The number of carbonyl (C=O) groups is 1. The minimum absolute atomic E-state index is 0.0126. The van der Waals surface area contributed by atoms with E-state index in [-0.39, 0.29) is 12.1 Å². The number of pyridine rings is 1. The Morgan fingerprint density at radius 2 is 2.22 bits per heavy atom. The van der Waals surface area contributed by atoms with Crippen LogP contribution in [0.5, 0.6) is 0 Å². The zero-order valence-electron chi connectivity index (χ0n) is 10.1. The number of rotatable bonds is 7. The van der Waals surface area contributed by atoms with Crippen LogP contribution in [-0.4, -0.2) is 34.1 Å². The van der Waals surface area contributed by atoms with E-state index in [2.05, 4.69) is 4.98 Å². The summed E-state index contributed by atoms with van der Waals surface area (Å²) in [5.41, 5.74) is -0.0755. The Kier molecular flexibility index (Phi) is 5.04. The fourth-order valence-corrected chi connectivity index (χ4v) is 1.51. The third kappa shape index (κ3) is 4.00. The normalized spacial score (nSPS) is 10.1. The van der Waals surface area contributed by atoms with Gasteiger partial charge in [0.1, 0.15) is 12.0 Å². The Morgan fingerprint density at radius 3 is 2.67 bits per heavy atom. The predicted octanol–water partition coefficient (Wildman–Crippen LogP) is 1.68. The Hall–Kier alpha value is -2.18. The Bertz CT molecular complexity index is 419. The van der Waals surface area contributed by atoms with Crippen LogP contribution >= 0.6 is 0 Å². The van der Waals surface area contributed by atoms with Crippen LogP contribution in [0.15, 0.2) is 18.3 Å². The highest BCUT2D eigenvalue weighted by Gasteiger charge is 2.11. The number of nitro groups is 1. The molecule has 0 aliphatic carbocycles. The number of carboxylic acids is 1. The summed E-state index contributed by atoms with van der Waals surface area (Å²) >= 11 is 0. The summed E-state index contributed by atoms with van der Waals surface area (Å²) in [6.07, 6.45) is 2.04. The number of nitrogens with zero attached hydrogens (tertiary/aromatic N) is 3. The number of hydrogen-bond donors (Lipinski definition) is 1. The van der Waals surface area contributed by atoms with Gasteiger partial charge in [-0.05, 0) is 12.5 Å². The highest BCUT2D eigenvalue weighted by molar-refractivity contribution is 5.67. The molecule has 0 spiro atoms. The first-order valence-corrected chi connectivity index (χ1v) is 5.61. The molecule has 0 unspecified atom stereocenters. The maximum atomic E-state index is 10.5. The highest BCUT2D eigenvalue weighted by atomic mass is 16.6. The molecule has 1 heterocycles. The predicted molar refractivity (Wildman–Crippen MR) is 65.6 cm³/mol. The lowest BCUT2D eigenvalue weighted by atomic mass is 10.3. The molecule has 98 valence electrons. The SMILES string of the molecule is CCCN(CCC(=O)O)c1ccc([N+](=O)[O-])cn1. The van der Waals surface area contributed by atoms with Gasteiger partial charge in [0.05, 0.1) is 11.3 Å². The number of aliphatic carboxylic acids is 1. The fraction of sp³-hybridized carbons (Fsp3) is 0.455. The fourth-order valence-electron chi connectivity index (χ4n) is 1.51. The van der Waals surface area contributed by atoms with E-state index in [1.54, 1.807) is 4.90 Å². The molecule has 0 aliphatic heterocycles. The number of hydrogen-bond acceptors (Lipinski definition) is 5. The molecule has 0 amide bonds. The molecule has 0 saturated carbocycles. The molecule has 0 bridgehead atoms. The van der Waals surface area contributed by atoms with Crippen LogP contribution in [0.25, 0.3) is 0 Å². The van der Waals surface area contributed by atoms with Crippen molar-refractivity contribution in [3.8, 4) is 0 Å². The Labute approximate surface area is 104 Å². The molecule has 7 heteroatoms. The molecular weight excluding hydrogens is 238 g/mol. The topological polar surface area (TPSA) is 96.6 Å². The van der Waals surface area contributed by atoms with Gasteiger partial charge in [-0.1, -0.05) is 6.92 Å². The second-order valence-electron chi connectivity index (χ2n) is 3.76. The van der Waals surface area contributed by atoms with Crippen molar-refractivity contribution in [3.05, 3.63) is 28.4 Å². The molecule has 7 nitrogen and oxygen atoms in total. The second kappa shape index (κ2) is 6.53. The van der Waals surface area contributed by atoms with Gasteiger partial charge < -0.3 is 10.0 Å². The number of carboxylic acid groups (broad SMARTS) is 1. The van der Waals surface area contributed by atoms with Gasteiger partial charge in [0, 0.05) is 19.2 Å². The van der Waals surface area contributed by atoms with Gasteiger partial charge in [-0.2, -0.15) is 0 Å². The van der Waals surface area contributed by atoms with Gasteiger partial charge in [-0.25, -0.2) is 4.98 Å². The van der Waals surface area contributed by atoms with Crippen LogP contribution < -0.4 is 4.90 Å². The van der Waals surface area contributed by atoms with Crippen molar-refractivity contribution in [2.24, 2.45) is 0 Å². The summed E-state index contributed by atoms with van der Waals surface area (Å²) in [5.74, 6) is -0.318. The molecule has 0 aromatic carbocycles. The minimum atomic E-state index is -0.877. The molecule has 0 fully saturated rings. The molecule has 0 aliphatic rings. The van der Waals surface area contributed by atoms with E-state index in [4.69, 9.17) is 5.11 Å². The molecule has 0 radical (unpaired) electrons. The van der Waals surface area contributed by atoms with Crippen LogP contribution in [0.2, 0.25) is 0 Å². The van der Waals surface area contributed by atoms with Gasteiger partial charge >= 0.3 is 5.97 Å². The first-order valence-electron chi connectivity index (χ1n) is 5.61. The van der Waals surface area contributed by atoms with E-state index in [0.29, 0.717) is 18.9 Å². The number of anilines is 1. The van der Waals surface area contributed by atoms with E-state index >= 15 is 0 Å². The molecule has 1 rings (SSSR count). The molecule has 18 heavy (non-hydrogen) atoms. The number of aromatic nitrogens is 1. The lowest BCUT2D eigenvalue weighted by Gasteiger charge is -2.21. The summed E-state index contributed by atoms with van der Waals surface area (Å²) < 4.78 is 0. The van der Waals surface area contributed by atoms with Gasteiger partial charge in [-0.3, -0.25) is 14.9 Å². The van der Waals surface area contributed by atoms with Crippen LogP contribution in [-0.2, 0) is 4.79 Å². The average Bonchev–Trinajstić information content (AvgIpc) is 2.34. The van der Waals surface area contributed by atoms with Crippen molar-refractivity contribution in [2.75, 3.05) is 18.0 Å². The van der Waals surface area contributed by atoms with E-state index in [0.717, 1.165) is 6.42 Å². The molecule has 0 saturated heterocycles. The van der Waals surface area contributed by atoms with Crippen molar-refractivity contribution < 1.29 is 14.8 Å². The standard InChI is InChI=1S/C11H15N3O4/c1-2-6-13(7-5-11(15)16)10-4-3-9(8-12-10)14(17)18/h3-4,8H,2,5-7H2,1H3,(H,15,16). The van der Waals surface area contributed by atoms with Crippen LogP contribution in [0.1, 0.15) is 19.8 Å². The minimum Gasteiger partial charge on any atom is -0.481 e. The molecular formula is C11H15N3O4. The van der Waals surface area contributed by atoms with Gasteiger partial charge in [0.2, 0.25) is 0 Å². The summed E-state index contributed by atoms with van der Waals surface area (Å²) in [7, 11) is 0. The second-order valence-corrected chi connectivity index (χ2v) is 3.76. The zero-order chi connectivity index (χ0) is 13.5. The van der Waals surface area contributed by atoms with Gasteiger partial charge in [0.25, 0.3) is 5.69 Å². The molecule has 0 atom stereocenters. The summed E-state index contributed by atoms with van der Waals surface area (Å²) in [4.78, 5) is 26.3. The van der Waals surface area contributed by atoms with E-state index in [1.165, 1.54) is 18.3 Å². The van der Waals surface area contributed by atoms with Crippen LogP contribution in [0.3, 0.4) is 0 Å².